The molecule has 0 aliphatic heterocycles. The van der Waals surface area contributed by atoms with Crippen LogP contribution in [-0.4, -0.2) is 28.2 Å². The largest absolute Gasteiger partial charge is 0.507 e. The van der Waals surface area contributed by atoms with E-state index in [1.165, 1.54) is 0 Å². The summed E-state index contributed by atoms with van der Waals surface area (Å²) in [6, 6.07) is 3.38. The molecule has 11 heavy (non-hydrogen) atoms. The van der Waals surface area contributed by atoms with E-state index in [-0.39, 0.29) is 28.8 Å². The molecule has 0 bridgehead atoms. The van der Waals surface area contributed by atoms with Gasteiger partial charge >= 0.3 is 23.1 Å². The van der Waals surface area contributed by atoms with E-state index in [1.807, 2.05) is 0 Å². The average molecular weight is 357 g/mol. The molecule has 58 valence electrons. The smallest absolute Gasteiger partial charge is 0.316 e. The van der Waals surface area contributed by atoms with Crippen LogP contribution < -0.4 is 0 Å². The van der Waals surface area contributed by atoms with Crippen LogP contribution in [0.25, 0.3) is 0 Å². The van der Waals surface area contributed by atoms with Crippen LogP contribution in [0.1, 0.15) is 0 Å². The van der Waals surface area contributed by atoms with Crippen LogP contribution in [0, 0.1) is 0 Å². The number of phenolic OH excluding ortho intramolecular Hbond substituents is 1. The lowest BCUT2D eigenvalue weighted by molar-refractivity contribution is 0.471. The zero-order valence-corrected chi connectivity index (χ0v) is 9.49. The van der Waals surface area contributed by atoms with Crippen LogP contribution >= 0.6 is 47.8 Å². The molecule has 0 saturated carbocycles. The van der Waals surface area contributed by atoms with Crippen molar-refractivity contribution in [1.29, 1.82) is 0 Å². The Morgan fingerprint density at radius 3 is 2.00 bits per heavy atom. The zero-order chi connectivity index (χ0) is 7.72. The average Bonchev–Trinajstić information content (AvgIpc) is 1.93. The molecule has 1 rings (SSSR count). The lowest BCUT2D eigenvalue weighted by atomic mass is 10.3. The van der Waals surface area contributed by atoms with Gasteiger partial charge in [0.25, 0.3) is 0 Å². The van der Waals surface area contributed by atoms with Gasteiger partial charge in [-0.25, -0.2) is 0 Å². The van der Waals surface area contributed by atoms with Crippen LogP contribution in [0.4, 0.5) is 0 Å². The molecule has 0 spiro atoms. The molecule has 5 heteroatoms. The number of hydrogen-bond donors (Lipinski definition) is 1. The molecule has 1 nitrogen and oxygen atoms in total. The third kappa shape index (κ3) is 2.88. The van der Waals surface area contributed by atoms with Gasteiger partial charge in [0.2, 0.25) is 0 Å². The number of hydrogen-bond acceptors (Lipinski definition) is 1. The fourth-order valence-corrected chi connectivity index (χ4v) is 1.79. The number of phenols is 1. The van der Waals surface area contributed by atoms with E-state index in [0.29, 0.717) is 4.47 Å². The highest BCUT2D eigenvalue weighted by molar-refractivity contribution is 9.14. The van der Waals surface area contributed by atoms with Gasteiger partial charge in [-0.1, -0.05) is 0 Å². The monoisotopic (exact) mass is 354 g/mol. The molecule has 0 saturated heterocycles. The van der Waals surface area contributed by atoms with Crippen LogP contribution in [0.15, 0.2) is 25.6 Å². The summed E-state index contributed by atoms with van der Waals surface area (Å²) in [5.41, 5.74) is 0. The van der Waals surface area contributed by atoms with E-state index in [0.717, 1.165) is 8.95 Å². The van der Waals surface area contributed by atoms with Crippen LogP contribution in [0.3, 0.4) is 0 Å². The van der Waals surface area contributed by atoms with Crippen molar-refractivity contribution >= 4 is 70.8 Å². The van der Waals surface area contributed by atoms with Crippen LogP contribution in [-0.2, 0) is 0 Å². The third-order valence-electron chi connectivity index (χ3n) is 1.01. The molecule has 0 aliphatic rings. The molecule has 0 heterocycles. The predicted octanol–water partition coefficient (Wildman–Crippen LogP) is 2.76. The molecular weight excluding hydrogens is 352 g/mol. The van der Waals surface area contributed by atoms with E-state index in [9.17, 15) is 0 Å². The summed E-state index contributed by atoms with van der Waals surface area (Å²) in [6.45, 7) is 0. The maximum Gasteiger partial charge on any atom is 0.316 e. The Morgan fingerprint density at radius 2 is 1.55 bits per heavy atom. The van der Waals surface area contributed by atoms with Gasteiger partial charge in [0.1, 0.15) is 5.75 Å². The van der Waals surface area contributed by atoms with Gasteiger partial charge < -0.3 is 5.11 Å². The van der Waals surface area contributed by atoms with E-state index in [1.54, 1.807) is 12.1 Å². The molecule has 0 aromatic heterocycles. The van der Waals surface area contributed by atoms with Crippen molar-refractivity contribution in [2.75, 3.05) is 0 Å². The summed E-state index contributed by atoms with van der Waals surface area (Å²) >= 11 is 9.77. The number of rotatable bonds is 0. The lowest BCUT2D eigenvalue weighted by Crippen LogP contribution is -1.72. The summed E-state index contributed by atoms with van der Waals surface area (Å²) < 4.78 is 2.41. The van der Waals surface area contributed by atoms with Crippen molar-refractivity contribution in [3.05, 3.63) is 25.6 Å². The standard InChI is InChI=1S/C6H3Br3O.Mg.2H/c7-3-1-2-4(10)6(9)5(3)8;;;/h1-2,10H;;;. The van der Waals surface area contributed by atoms with E-state index >= 15 is 0 Å². The van der Waals surface area contributed by atoms with Crippen LogP contribution in [0.5, 0.6) is 5.75 Å². The highest BCUT2D eigenvalue weighted by Gasteiger charge is 2.04. The Hall–Kier alpha value is 1.23. The Bertz CT molecular complexity index is 237. The maximum atomic E-state index is 9.13. The number of benzene rings is 1. The van der Waals surface area contributed by atoms with Crippen molar-refractivity contribution in [3.63, 3.8) is 0 Å². The highest BCUT2D eigenvalue weighted by Crippen LogP contribution is 2.36. The Balaban J connectivity index is 0.000001000. The fourth-order valence-electron chi connectivity index (χ4n) is 0.516. The summed E-state index contributed by atoms with van der Waals surface area (Å²) in [5, 5.41) is 9.13. The third-order valence-corrected chi connectivity index (χ3v) is 4.37. The normalized spacial score (nSPS) is 9.00. The SMILES string of the molecule is Oc1ccc(Br)c(Br)c1Br.[MgH2]. The first-order chi connectivity index (χ1) is 4.63. The molecule has 1 aromatic carbocycles. The first-order valence-electron chi connectivity index (χ1n) is 2.45. The minimum Gasteiger partial charge on any atom is -0.507 e. The van der Waals surface area contributed by atoms with Gasteiger partial charge in [0.05, 0.1) is 4.47 Å². The second kappa shape index (κ2) is 5.06. The van der Waals surface area contributed by atoms with E-state index < -0.39 is 0 Å². The van der Waals surface area contributed by atoms with Crippen molar-refractivity contribution in [3.8, 4) is 5.75 Å². The second-order valence-corrected chi connectivity index (χ2v) is 4.13. The molecule has 0 amide bonds. The molecule has 0 radical (unpaired) electrons. The minimum absolute atomic E-state index is 0. The molecule has 0 unspecified atom stereocenters. The lowest BCUT2D eigenvalue weighted by Gasteiger charge is -2.00. The molecule has 0 atom stereocenters. The number of aromatic hydroxyl groups is 1. The summed E-state index contributed by atoms with van der Waals surface area (Å²) in [6.07, 6.45) is 0. The van der Waals surface area contributed by atoms with Crippen molar-refractivity contribution in [1.82, 2.24) is 0 Å². The Morgan fingerprint density at radius 1 is 1.00 bits per heavy atom. The first kappa shape index (κ1) is 12.2. The first-order valence-corrected chi connectivity index (χ1v) is 4.83. The van der Waals surface area contributed by atoms with Gasteiger partial charge in [-0.15, -0.1) is 0 Å². The van der Waals surface area contributed by atoms with Gasteiger partial charge in [-0.2, -0.15) is 0 Å². The van der Waals surface area contributed by atoms with Gasteiger partial charge in [0, 0.05) is 8.95 Å². The summed E-state index contributed by atoms with van der Waals surface area (Å²) in [5.74, 6) is 0.232. The fraction of sp³-hybridized carbons (Fsp3) is 0. The molecule has 0 aliphatic carbocycles. The van der Waals surface area contributed by atoms with Gasteiger partial charge in [-0.3, -0.25) is 0 Å². The molecular formula is C6H5Br3MgO. The second-order valence-electron chi connectivity index (χ2n) is 1.69. The van der Waals surface area contributed by atoms with Crippen molar-refractivity contribution in [2.45, 2.75) is 0 Å². The minimum atomic E-state index is 0. The van der Waals surface area contributed by atoms with E-state index in [2.05, 4.69) is 47.8 Å². The zero-order valence-electron chi connectivity index (χ0n) is 4.74. The Labute approximate surface area is 106 Å². The van der Waals surface area contributed by atoms with Gasteiger partial charge in [0.15, 0.2) is 0 Å². The maximum absolute atomic E-state index is 9.13. The van der Waals surface area contributed by atoms with Crippen LogP contribution in [0.2, 0.25) is 0 Å². The predicted molar refractivity (Wildman–Crippen MR) is 59.8 cm³/mol. The Kier molecular flexibility index (Phi) is 5.63. The highest BCUT2D eigenvalue weighted by atomic mass is 79.9. The molecule has 0 fully saturated rings. The summed E-state index contributed by atoms with van der Waals surface area (Å²) in [4.78, 5) is 0. The quantitative estimate of drug-likeness (QED) is 0.559. The van der Waals surface area contributed by atoms with Gasteiger partial charge in [-0.05, 0) is 59.9 Å². The number of halogens is 3. The molecule has 1 N–H and O–H groups in total. The van der Waals surface area contributed by atoms with Crippen molar-refractivity contribution in [2.24, 2.45) is 0 Å². The summed E-state index contributed by atoms with van der Waals surface area (Å²) in [7, 11) is 0. The topological polar surface area (TPSA) is 20.2 Å². The van der Waals surface area contributed by atoms with Crippen molar-refractivity contribution < 1.29 is 5.11 Å². The van der Waals surface area contributed by atoms with E-state index in [4.69, 9.17) is 5.11 Å². The molecule has 1 aromatic rings.